The molecule has 3 aromatic rings. The lowest BCUT2D eigenvalue weighted by Gasteiger charge is -2.58. The lowest BCUT2D eigenvalue weighted by Crippen LogP contribution is -2.73. The summed E-state index contributed by atoms with van der Waals surface area (Å²) in [6.07, 6.45) is 3.52. The lowest BCUT2D eigenvalue weighted by molar-refractivity contribution is -0.159. The Bertz CT molecular complexity index is 1150. The second kappa shape index (κ2) is 8.16. The first-order valence-electron chi connectivity index (χ1n) is 10.5. The van der Waals surface area contributed by atoms with Crippen molar-refractivity contribution in [2.45, 2.75) is 18.0 Å². The largest absolute Gasteiger partial charge is 0.394 e. The molecule has 0 radical (unpaired) electrons. The Morgan fingerprint density at radius 3 is 2.59 bits per heavy atom. The van der Waals surface area contributed by atoms with E-state index in [-0.39, 0.29) is 48.5 Å². The normalized spacial score (nSPS) is 22.3. The monoisotopic (exact) mass is 431 g/mol. The van der Waals surface area contributed by atoms with Gasteiger partial charge in [0.2, 0.25) is 5.91 Å². The van der Waals surface area contributed by atoms with Crippen LogP contribution < -0.4 is 0 Å². The topological polar surface area (TPSA) is 73.7 Å². The van der Waals surface area contributed by atoms with Crippen molar-refractivity contribution in [1.29, 1.82) is 0 Å². The summed E-state index contributed by atoms with van der Waals surface area (Å²) in [5, 5.41) is 9.97. The molecule has 0 unspecified atom stereocenters. The van der Waals surface area contributed by atoms with E-state index in [0.717, 1.165) is 16.7 Å². The fourth-order valence-corrected chi connectivity index (χ4v) is 4.89. The first kappa shape index (κ1) is 20.3. The number of aliphatic hydroxyl groups excluding tert-OH is 1. The molecule has 7 heteroatoms. The number of pyridine rings is 1. The van der Waals surface area contributed by atoms with Gasteiger partial charge in [-0.25, -0.2) is 4.39 Å². The summed E-state index contributed by atoms with van der Waals surface area (Å²) in [4.78, 5) is 33.0. The maximum Gasteiger partial charge on any atom is 0.254 e. The smallest absolute Gasteiger partial charge is 0.254 e. The van der Waals surface area contributed by atoms with Crippen molar-refractivity contribution in [3.05, 3.63) is 90.0 Å². The fourth-order valence-electron chi connectivity index (χ4n) is 4.89. The molecule has 5 rings (SSSR count). The van der Waals surface area contributed by atoms with Gasteiger partial charge in [0.25, 0.3) is 5.91 Å². The summed E-state index contributed by atoms with van der Waals surface area (Å²) in [7, 11) is 0. The minimum atomic E-state index is -0.489. The third kappa shape index (κ3) is 3.44. The standard InChI is InChI=1S/C25H22FN3O3/c26-20-5-1-3-18(11-20)25(32)28-13-21-24(22(15-30)29(21)23(31)14-28)17-8-6-16(7-9-17)19-4-2-10-27-12-19/h1-12,21-22,24,30H,13-15H2/t21-,22-,24+/m1/s1. The molecule has 2 aliphatic heterocycles. The van der Waals surface area contributed by atoms with E-state index in [4.69, 9.17) is 0 Å². The number of carbonyl (C=O) groups excluding carboxylic acids is 2. The van der Waals surface area contributed by atoms with Gasteiger partial charge in [0.05, 0.1) is 18.7 Å². The Morgan fingerprint density at radius 1 is 1.09 bits per heavy atom. The second-order valence-electron chi connectivity index (χ2n) is 8.20. The molecule has 2 aromatic carbocycles. The Labute approximate surface area is 184 Å². The zero-order chi connectivity index (χ0) is 22.2. The van der Waals surface area contributed by atoms with Crippen molar-refractivity contribution >= 4 is 11.8 Å². The van der Waals surface area contributed by atoms with E-state index < -0.39 is 5.82 Å². The first-order chi connectivity index (χ1) is 15.6. The van der Waals surface area contributed by atoms with Gasteiger partial charge in [-0.15, -0.1) is 0 Å². The quantitative estimate of drug-likeness (QED) is 0.690. The van der Waals surface area contributed by atoms with Crippen molar-refractivity contribution in [2.75, 3.05) is 19.7 Å². The maximum atomic E-state index is 13.6. The molecule has 1 aromatic heterocycles. The van der Waals surface area contributed by atoms with E-state index >= 15 is 0 Å². The molecule has 0 spiro atoms. The number of halogens is 1. The number of aliphatic hydroxyl groups is 1. The Hall–Kier alpha value is -3.58. The molecule has 32 heavy (non-hydrogen) atoms. The number of benzene rings is 2. The van der Waals surface area contributed by atoms with Crippen LogP contribution in [0.3, 0.4) is 0 Å². The summed E-state index contributed by atoms with van der Waals surface area (Å²) < 4.78 is 13.6. The first-order valence-corrected chi connectivity index (χ1v) is 10.5. The van der Waals surface area contributed by atoms with Crippen molar-refractivity contribution < 1.29 is 19.1 Å². The third-order valence-corrected chi connectivity index (χ3v) is 6.40. The van der Waals surface area contributed by atoms with Crippen molar-refractivity contribution in [3.63, 3.8) is 0 Å². The molecule has 0 saturated carbocycles. The Balaban J connectivity index is 1.39. The fraction of sp³-hybridized carbons (Fsp3) is 0.240. The average Bonchev–Trinajstić information content (AvgIpc) is 2.81. The van der Waals surface area contributed by atoms with E-state index in [1.54, 1.807) is 23.4 Å². The van der Waals surface area contributed by atoms with Crippen LogP contribution in [0.4, 0.5) is 4.39 Å². The molecule has 3 heterocycles. The van der Waals surface area contributed by atoms with E-state index in [9.17, 15) is 19.1 Å². The Morgan fingerprint density at radius 2 is 1.91 bits per heavy atom. The molecule has 2 aliphatic rings. The van der Waals surface area contributed by atoms with Crippen molar-refractivity contribution in [3.8, 4) is 11.1 Å². The molecule has 0 aliphatic carbocycles. The van der Waals surface area contributed by atoms with E-state index in [1.165, 1.54) is 23.1 Å². The summed E-state index contributed by atoms with van der Waals surface area (Å²) >= 11 is 0. The van der Waals surface area contributed by atoms with Crippen LogP contribution in [0.5, 0.6) is 0 Å². The third-order valence-electron chi connectivity index (χ3n) is 6.40. The predicted octanol–water partition coefficient (Wildman–Crippen LogP) is 2.70. The minimum absolute atomic E-state index is 0.0744. The van der Waals surface area contributed by atoms with E-state index in [2.05, 4.69) is 4.98 Å². The van der Waals surface area contributed by atoms with Gasteiger partial charge in [-0.05, 0) is 41.0 Å². The average molecular weight is 431 g/mol. The number of amides is 2. The van der Waals surface area contributed by atoms with Crippen molar-refractivity contribution in [2.24, 2.45) is 0 Å². The molecule has 6 nitrogen and oxygen atoms in total. The number of carbonyl (C=O) groups is 2. The summed E-state index contributed by atoms with van der Waals surface area (Å²) in [6.45, 7) is 0.122. The van der Waals surface area contributed by atoms with Crippen LogP contribution in [0, 0.1) is 5.82 Å². The number of hydrogen-bond donors (Lipinski definition) is 1. The van der Waals surface area contributed by atoms with Crippen LogP contribution in [0.15, 0.2) is 73.1 Å². The zero-order valence-corrected chi connectivity index (χ0v) is 17.3. The van der Waals surface area contributed by atoms with Crippen LogP contribution in [0.1, 0.15) is 21.8 Å². The highest BCUT2D eigenvalue weighted by Gasteiger charge is 2.54. The number of piperazine rings is 1. The van der Waals surface area contributed by atoms with Gasteiger partial charge in [0.15, 0.2) is 0 Å². The molecule has 2 fully saturated rings. The van der Waals surface area contributed by atoms with Gasteiger partial charge in [-0.3, -0.25) is 14.6 Å². The number of fused-ring (bicyclic) bond motifs is 1. The molecule has 3 atom stereocenters. The van der Waals surface area contributed by atoms with Gasteiger partial charge in [-0.1, -0.05) is 36.4 Å². The molecular weight excluding hydrogens is 409 g/mol. The van der Waals surface area contributed by atoms with Gasteiger partial charge in [-0.2, -0.15) is 0 Å². The highest BCUT2D eigenvalue weighted by atomic mass is 19.1. The van der Waals surface area contributed by atoms with Crippen LogP contribution >= 0.6 is 0 Å². The summed E-state index contributed by atoms with van der Waals surface area (Å²) in [5.41, 5.74) is 3.27. The molecule has 162 valence electrons. The molecule has 2 saturated heterocycles. The summed E-state index contributed by atoms with van der Waals surface area (Å²) in [5.74, 6) is -1.14. The highest BCUT2D eigenvalue weighted by molar-refractivity contribution is 5.97. The van der Waals surface area contributed by atoms with Crippen LogP contribution in [0.2, 0.25) is 0 Å². The number of rotatable bonds is 4. The Kier molecular flexibility index (Phi) is 5.19. The minimum Gasteiger partial charge on any atom is -0.394 e. The van der Waals surface area contributed by atoms with Crippen molar-refractivity contribution in [1.82, 2.24) is 14.8 Å². The maximum absolute atomic E-state index is 13.6. The summed E-state index contributed by atoms with van der Waals surface area (Å²) in [6, 6.07) is 16.8. The van der Waals surface area contributed by atoms with Crippen LogP contribution in [-0.2, 0) is 4.79 Å². The predicted molar refractivity (Wildman–Crippen MR) is 116 cm³/mol. The molecular formula is C25H22FN3O3. The molecule has 0 bridgehead atoms. The van der Waals surface area contributed by atoms with Gasteiger partial charge in [0.1, 0.15) is 12.4 Å². The van der Waals surface area contributed by atoms with Gasteiger partial charge < -0.3 is 14.9 Å². The van der Waals surface area contributed by atoms with E-state index in [0.29, 0.717) is 6.54 Å². The van der Waals surface area contributed by atoms with Crippen LogP contribution in [0.25, 0.3) is 11.1 Å². The second-order valence-corrected chi connectivity index (χ2v) is 8.20. The number of hydrogen-bond acceptors (Lipinski definition) is 4. The zero-order valence-electron chi connectivity index (χ0n) is 17.3. The molecule has 2 amide bonds. The lowest BCUT2D eigenvalue weighted by atomic mass is 9.73. The molecule has 1 N–H and O–H groups in total. The number of aromatic nitrogens is 1. The highest BCUT2D eigenvalue weighted by Crippen LogP contribution is 2.43. The van der Waals surface area contributed by atoms with Gasteiger partial charge >= 0.3 is 0 Å². The SMILES string of the molecule is O=C(c1cccc(F)c1)N1CC(=O)N2[C@H](CO)[C@@H](c3ccc(-c4cccnc4)cc3)[C@H]2C1. The number of nitrogens with zero attached hydrogens (tertiary/aromatic N) is 3. The van der Waals surface area contributed by atoms with E-state index in [1.807, 2.05) is 36.4 Å². The van der Waals surface area contributed by atoms with Gasteiger partial charge in [0, 0.05) is 30.4 Å². The van der Waals surface area contributed by atoms with Crippen LogP contribution in [-0.4, -0.2) is 63.5 Å².